The fourth-order valence-corrected chi connectivity index (χ4v) is 3.12. The van der Waals surface area contributed by atoms with Gasteiger partial charge in [-0.25, -0.2) is 8.42 Å². The van der Waals surface area contributed by atoms with Crippen LogP contribution in [0.3, 0.4) is 0 Å². The molecule has 5 nitrogen and oxygen atoms in total. The van der Waals surface area contributed by atoms with Gasteiger partial charge in [-0.1, -0.05) is 12.1 Å². The average Bonchev–Trinajstić information content (AvgIpc) is 2.42. The number of rotatable bonds is 4. The second kappa shape index (κ2) is 5.50. The predicted molar refractivity (Wildman–Crippen MR) is 80.5 cm³/mol. The van der Waals surface area contributed by atoms with Gasteiger partial charge in [0.15, 0.2) is 0 Å². The van der Waals surface area contributed by atoms with Gasteiger partial charge in [0.2, 0.25) is 0 Å². The maximum absolute atomic E-state index is 12.5. The third kappa shape index (κ3) is 2.91. The molecule has 2 N–H and O–H groups in total. The molecule has 0 fully saturated rings. The van der Waals surface area contributed by atoms with Crippen LogP contribution in [0.1, 0.15) is 11.1 Å². The van der Waals surface area contributed by atoms with E-state index in [1.807, 2.05) is 32.0 Å². The molecular weight excluding hydrogens is 274 g/mol. The summed E-state index contributed by atoms with van der Waals surface area (Å²) in [6.07, 6.45) is 2.88. The third-order valence-corrected chi connectivity index (χ3v) is 4.37. The van der Waals surface area contributed by atoms with Crippen molar-refractivity contribution in [2.45, 2.75) is 18.7 Å². The number of nitrogens with zero attached hydrogens (tertiary/aromatic N) is 1. The van der Waals surface area contributed by atoms with Gasteiger partial charge in [0.1, 0.15) is 4.90 Å². The minimum atomic E-state index is -3.67. The van der Waals surface area contributed by atoms with Crippen molar-refractivity contribution in [1.29, 1.82) is 0 Å². The fraction of sp³-hybridized carbons (Fsp3) is 0.214. The monoisotopic (exact) mass is 291 g/mol. The number of hydrogen-bond donors (Lipinski definition) is 2. The van der Waals surface area contributed by atoms with Gasteiger partial charge in [0, 0.05) is 19.4 Å². The lowest BCUT2D eigenvalue weighted by Crippen LogP contribution is -2.15. The van der Waals surface area contributed by atoms with Gasteiger partial charge < -0.3 is 5.32 Å². The molecule has 2 rings (SSSR count). The Morgan fingerprint density at radius 2 is 1.85 bits per heavy atom. The van der Waals surface area contributed by atoms with E-state index < -0.39 is 10.0 Å². The number of nitrogens with one attached hydrogen (secondary N) is 2. The molecular formula is C14H17N3O2S. The minimum Gasteiger partial charge on any atom is -0.387 e. The number of anilines is 2. The molecule has 20 heavy (non-hydrogen) atoms. The first-order chi connectivity index (χ1) is 9.44. The van der Waals surface area contributed by atoms with E-state index in [4.69, 9.17) is 0 Å². The molecule has 106 valence electrons. The normalized spacial score (nSPS) is 11.2. The smallest absolute Gasteiger partial charge is 0.265 e. The highest BCUT2D eigenvalue weighted by molar-refractivity contribution is 7.92. The predicted octanol–water partition coefficient (Wildman–Crippen LogP) is 2.54. The number of benzene rings is 1. The van der Waals surface area contributed by atoms with Gasteiger partial charge >= 0.3 is 0 Å². The summed E-state index contributed by atoms with van der Waals surface area (Å²) in [5, 5.41) is 2.85. The van der Waals surface area contributed by atoms with Crippen molar-refractivity contribution in [3.8, 4) is 0 Å². The van der Waals surface area contributed by atoms with Crippen LogP contribution >= 0.6 is 0 Å². The standard InChI is InChI=1S/C14H17N3O2S/c1-10-4-5-11(2)13(8-10)17-20(18,19)14-9-16-7-6-12(14)15-3/h4-9,17H,1-3H3,(H,15,16). The molecule has 0 aliphatic heterocycles. The Labute approximate surface area is 119 Å². The van der Waals surface area contributed by atoms with E-state index in [1.165, 1.54) is 6.20 Å². The highest BCUT2D eigenvalue weighted by Crippen LogP contribution is 2.24. The third-order valence-electron chi connectivity index (χ3n) is 2.98. The molecule has 1 aromatic heterocycles. The van der Waals surface area contributed by atoms with Crippen LogP contribution in [0.2, 0.25) is 0 Å². The molecule has 0 amide bonds. The zero-order chi connectivity index (χ0) is 14.8. The second-order valence-corrected chi connectivity index (χ2v) is 6.20. The number of pyridine rings is 1. The Morgan fingerprint density at radius 1 is 1.10 bits per heavy atom. The molecule has 6 heteroatoms. The van der Waals surface area contributed by atoms with Crippen LogP contribution in [0.5, 0.6) is 0 Å². The van der Waals surface area contributed by atoms with Crippen molar-refractivity contribution in [2.24, 2.45) is 0 Å². The number of sulfonamides is 1. The molecule has 1 aromatic carbocycles. The number of aromatic nitrogens is 1. The summed E-state index contributed by atoms with van der Waals surface area (Å²) >= 11 is 0. The zero-order valence-corrected chi connectivity index (χ0v) is 12.5. The lowest BCUT2D eigenvalue weighted by molar-refractivity contribution is 0.601. The molecule has 0 radical (unpaired) electrons. The van der Waals surface area contributed by atoms with Gasteiger partial charge in [-0.05, 0) is 37.1 Å². The van der Waals surface area contributed by atoms with E-state index in [2.05, 4.69) is 15.0 Å². The summed E-state index contributed by atoms with van der Waals surface area (Å²) in [7, 11) is -2.00. The largest absolute Gasteiger partial charge is 0.387 e. The molecule has 0 aliphatic carbocycles. The SMILES string of the molecule is CNc1ccncc1S(=O)(=O)Nc1cc(C)ccc1C. The summed E-state index contributed by atoms with van der Waals surface area (Å²) in [6, 6.07) is 7.26. The van der Waals surface area contributed by atoms with Crippen molar-refractivity contribution in [2.75, 3.05) is 17.1 Å². The average molecular weight is 291 g/mol. The van der Waals surface area contributed by atoms with Crippen LogP contribution in [-0.2, 0) is 10.0 Å². The van der Waals surface area contributed by atoms with Crippen molar-refractivity contribution >= 4 is 21.4 Å². The number of hydrogen-bond acceptors (Lipinski definition) is 4. The summed E-state index contributed by atoms with van der Waals surface area (Å²) < 4.78 is 27.5. The van der Waals surface area contributed by atoms with E-state index in [-0.39, 0.29) is 4.90 Å². The summed E-state index contributed by atoms with van der Waals surface area (Å²) in [6.45, 7) is 3.78. The highest BCUT2D eigenvalue weighted by atomic mass is 32.2. The van der Waals surface area contributed by atoms with Crippen molar-refractivity contribution < 1.29 is 8.42 Å². The van der Waals surface area contributed by atoms with Crippen LogP contribution in [0.15, 0.2) is 41.6 Å². The van der Waals surface area contributed by atoms with E-state index >= 15 is 0 Å². The van der Waals surface area contributed by atoms with Crippen molar-refractivity contribution in [3.63, 3.8) is 0 Å². The fourth-order valence-electron chi connectivity index (χ4n) is 1.85. The first-order valence-corrected chi connectivity index (χ1v) is 7.64. The summed E-state index contributed by atoms with van der Waals surface area (Å²) in [4.78, 5) is 4.01. The van der Waals surface area contributed by atoms with E-state index in [0.29, 0.717) is 11.4 Å². The molecule has 1 heterocycles. The Bertz CT molecular complexity index is 727. The summed E-state index contributed by atoms with van der Waals surface area (Å²) in [5.74, 6) is 0. The van der Waals surface area contributed by atoms with Crippen molar-refractivity contribution in [3.05, 3.63) is 47.8 Å². The molecule has 0 saturated carbocycles. The van der Waals surface area contributed by atoms with Gasteiger partial charge in [-0.3, -0.25) is 9.71 Å². The lowest BCUT2D eigenvalue weighted by Gasteiger charge is -2.13. The molecule has 2 aromatic rings. The zero-order valence-electron chi connectivity index (χ0n) is 11.6. The molecule has 0 spiro atoms. The topological polar surface area (TPSA) is 71.1 Å². The Morgan fingerprint density at radius 3 is 2.55 bits per heavy atom. The molecule has 0 unspecified atom stereocenters. The molecule has 0 bridgehead atoms. The van der Waals surface area contributed by atoms with Gasteiger partial charge in [-0.2, -0.15) is 0 Å². The van der Waals surface area contributed by atoms with Gasteiger partial charge in [0.05, 0.1) is 11.4 Å². The van der Waals surface area contributed by atoms with Crippen LogP contribution < -0.4 is 10.0 Å². The Balaban J connectivity index is 2.43. The second-order valence-electron chi connectivity index (χ2n) is 4.55. The quantitative estimate of drug-likeness (QED) is 0.908. The Hall–Kier alpha value is -2.08. The number of aryl methyl sites for hydroxylation is 2. The van der Waals surface area contributed by atoms with E-state index in [9.17, 15) is 8.42 Å². The van der Waals surface area contributed by atoms with E-state index in [1.54, 1.807) is 19.3 Å². The van der Waals surface area contributed by atoms with Gasteiger partial charge in [0.25, 0.3) is 10.0 Å². The molecule has 0 aliphatic rings. The van der Waals surface area contributed by atoms with Crippen LogP contribution in [0.25, 0.3) is 0 Å². The van der Waals surface area contributed by atoms with Crippen molar-refractivity contribution in [1.82, 2.24) is 4.98 Å². The maximum atomic E-state index is 12.5. The summed E-state index contributed by atoms with van der Waals surface area (Å²) in [5.41, 5.74) is 2.95. The van der Waals surface area contributed by atoms with Crippen LogP contribution in [0.4, 0.5) is 11.4 Å². The first kappa shape index (κ1) is 14.3. The van der Waals surface area contributed by atoms with Gasteiger partial charge in [-0.15, -0.1) is 0 Å². The van der Waals surface area contributed by atoms with E-state index in [0.717, 1.165) is 11.1 Å². The first-order valence-electron chi connectivity index (χ1n) is 6.16. The Kier molecular flexibility index (Phi) is 3.94. The molecule has 0 atom stereocenters. The minimum absolute atomic E-state index is 0.128. The molecule has 0 saturated heterocycles. The van der Waals surface area contributed by atoms with Crippen LogP contribution in [0, 0.1) is 13.8 Å². The highest BCUT2D eigenvalue weighted by Gasteiger charge is 2.19. The lowest BCUT2D eigenvalue weighted by atomic mass is 10.1. The van der Waals surface area contributed by atoms with Crippen LogP contribution in [-0.4, -0.2) is 20.4 Å². The maximum Gasteiger partial charge on any atom is 0.265 e.